The predicted octanol–water partition coefficient (Wildman–Crippen LogP) is 2.05. The van der Waals surface area contributed by atoms with E-state index >= 15 is 0 Å². The highest BCUT2D eigenvalue weighted by molar-refractivity contribution is 7.89. The Labute approximate surface area is 120 Å². The minimum Gasteiger partial charge on any atom is -0.306 e. The van der Waals surface area contributed by atoms with Crippen LogP contribution in [0.1, 0.15) is 12.8 Å². The number of hydrogen-bond acceptors (Lipinski definition) is 3. The number of hydrogen-bond donors (Lipinski definition) is 0. The summed E-state index contributed by atoms with van der Waals surface area (Å²) in [4.78, 5) is 2.44. The van der Waals surface area contributed by atoms with Crippen LogP contribution in [0.3, 0.4) is 0 Å². The lowest BCUT2D eigenvalue weighted by molar-refractivity contribution is 0.196. The summed E-state index contributed by atoms with van der Waals surface area (Å²) in [5.41, 5.74) is 0. The smallest absolute Gasteiger partial charge is 0.243 e. The van der Waals surface area contributed by atoms with E-state index in [0.29, 0.717) is 24.2 Å². The zero-order valence-electron chi connectivity index (χ0n) is 11.2. The molecule has 19 heavy (non-hydrogen) atoms. The first-order valence-corrected chi connectivity index (χ1v) is 8.15. The second-order valence-corrected chi connectivity index (χ2v) is 7.43. The van der Waals surface area contributed by atoms with Gasteiger partial charge in [-0.05, 0) is 45.1 Å². The van der Waals surface area contributed by atoms with Crippen molar-refractivity contribution in [2.45, 2.75) is 23.8 Å². The van der Waals surface area contributed by atoms with E-state index in [4.69, 9.17) is 11.6 Å². The van der Waals surface area contributed by atoms with Gasteiger partial charge < -0.3 is 4.90 Å². The van der Waals surface area contributed by atoms with Crippen molar-refractivity contribution in [1.82, 2.24) is 9.21 Å². The minimum atomic E-state index is -3.40. The molecule has 0 N–H and O–H groups in total. The fourth-order valence-electron chi connectivity index (χ4n) is 2.38. The average Bonchev–Trinajstić information content (AvgIpc) is 2.39. The van der Waals surface area contributed by atoms with Crippen LogP contribution in [0, 0.1) is 0 Å². The molecule has 1 aliphatic heterocycles. The van der Waals surface area contributed by atoms with Gasteiger partial charge in [0.2, 0.25) is 10.0 Å². The Kier molecular flexibility index (Phi) is 4.50. The van der Waals surface area contributed by atoms with Crippen LogP contribution in [0.25, 0.3) is 0 Å². The van der Waals surface area contributed by atoms with E-state index < -0.39 is 10.0 Å². The first-order valence-electron chi connectivity index (χ1n) is 6.33. The van der Waals surface area contributed by atoms with Crippen LogP contribution in [0.15, 0.2) is 29.2 Å². The zero-order valence-corrected chi connectivity index (χ0v) is 12.8. The Bertz CT molecular complexity index is 537. The van der Waals surface area contributed by atoms with Gasteiger partial charge in [-0.1, -0.05) is 17.7 Å². The SMILES string of the molecule is CN(C)C1CCN(S(=O)(=O)c2cccc(Cl)c2)CC1. The molecule has 0 aromatic heterocycles. The summed E-state index contributed by atoms with van der Waals surface area (Å²) in [5.74, 6) is 0. The van der Waals surface area contributed by atoms with Gasteiger partial charge in [-0.2, -0.15) is 4.31 Å². The van der Waals surface area contributed by atoms with Crippen LogP contribution >= 0.6 is 11.6 Å². The quantitative estimate of drug-likeness (QED) is 0.858. The Balaban J connectivity index is 2.14. The standard InChI is InChI=1S/C13H19ClN2O2S/c1-15(2)12-6-8-16(9-7-12)19(17,18)13-5-3-4-11(14)10-13/h3-5,10,12H,6-9H2,1-2H3. The molecule has 0 radical (unpaired) electrons. The first kappa shape index (κ1) is 14.8. The van der Waals surface area contributed by atoms with Crippen LogP contribution < -0.4 is 0 Å². The van der Waals surface area contributed by atoms with Crippen molar-refractivity contribution in [3.05, 3.63) is 29.3 Å². The van der Waals surface area contributed by atoms with Crippen molar-refractivity contribution in [3.63, 3.8) is 0 Å². The summed E-state index contributed by atoms with van der Waals surface area (Å²) in [7, 11) is 0.664. The fraction of sp³-hybridized carbons (Fsp3) is 0.538. The summed E-state index contributed by atoms with van der Waals surface area (Å²) in [6.07, 6.45) is 1.74. The van der Waals surface area contributed by atoms with Crippen LogP contribution in [-0.2, 0) is 10.0 Å². The third-order valence-electron chi connectivity index (χ3n) is 3.59. The van der Waals surface area contributed by atoms with Crippen LogP contribution in [0.4, 0.5) is 0 Å². The first-order chi connectivity index (χ1) is 8.91. The molecule has 4 nitrogen and oxygen atoms in total. The molecule has 1 saturated heterocycles. The lowest BCUT2D eigenvalue weighted by atomic mass is 10.1. The van der Waals surface area contributed by atoms with Crippen molar-refractivity contribution < 1.29 is 8.42 Å². The molecule has 0 amide bonds. The molecule has 106 valence electrons. The Morgan fingerprint density at radius 3 is 2.42 bits per heavy atom. The Hall–Kier alpha value is -0.620. The second-order valence-electron chi connectivity index (χ2n) is 5.06. The summed E-state index contributed by atoms with van der Waals surface area (Å²) >= 11 is 5.86. The minimum absolute atomic E-state index is 0.281. The van der Waals surface area contributed by atoms with Gasteiger partial charge in [0.05, 0.1) is 4.90 Å². The molecule has 0 unspecified atom stereocenters. The number of piperidine rings is 1. The molecule has 2 rings (SSSR count). The number of rotatable bonds is 3. The van der Waals surface area contributed by atoms with Crippen molar-refractivity contribution in [2.24, 2.45) is 0 Å². The van der Waals surface area contributed by atoms with Gasteiger partial charge in [-0.3, -0.25) is 0 Å². The maximum Gasteiger partial charge on any atom is 0.243 e. The van der Waals surface area contributed by atoms with Crippen molar-refractivity contribution >= 4 is 21.6 Å². The number of nitrogens with zero attached hydrogens (tertiary/aromatic N) is 2. The molecule has 0 saturated carbocycles. The van der Waals surface area contributed by atoms with Crippen LogP contribution in [-0.4, -0.2) is 50.8 Å². The van der Waals surface area contributed by atoms with E-state index in [9.17, 15) is 8.42 Å². The summed E-state index contributed by atoms with van der Waals surface area (Å²) in [5, 5.41) is 0.448. The summed E-state index contributed by atoms with van der Waals surface area (Å²) in [6, 6.07) is 6.92. The maximum absolute atomic E-state index is 12.5. The van der Waals surface area contributed by atoms with E-state index in [0.717, 1.165) is 12.8 Å². The lowest BCUT2D eigenvalue weighted by Crippen LogP contribution is -2.44. The number of halogens is 1. The average molecular weight is 303 g/mol. The summed E-state index contributed by atoms with van der Waals surface area (Å²) in [6.45, 7) is 1.13. The molecule has 0 atom stereocenters. The highest BCUT2D eigenvalue weighted by Gasteiger charge is 2.29. The molecule has 0 bridgehead atoms. The molecule has 1 aromatic rings. The van der Waals surface area contributed by atoms with Gasteiger partial charge in [0.25, 0.3) is 0 Å². The number of sulfonamides is 1. The third-order valence-corrected chi connectivity index (χ3v) is 5.72. The van der Waals surface area contributed by atoms with E-state index in [1.54, 1.807) is 22.5 Å². The molecule has 0 aliphatic carbocycles. The molecule has 1 aliphatic rings. The second kappa shape index (κ2) is 5.79. The van der Waals surface area contributed by atoms with E-state index in [1.807, 2.05) is 14.1 Å². The van der Waals surface area contributed by atoms with E-state index in [2.05, 4.69) is 4.90 Å². The molecule has 0 spiro atoms. The van der Waals surface area contributed by atoms with Crippen LogP contribution in [0.2, 0.25) is 5.02 Å². The highest BCUT2D eigenvalue weighted by Crippen LogP contribution is 2.23. The van der Waals surface area contributed by atoms with Gasteiger partial charge in [-0.15, -0.1) is 0 Å². The van der Waals surface area contributed by atoms with Crippen molar-refractivity contribution in [3.8, 4) is 0 Å². The molecule has 1 fully saturated rings. The largest absolute Gasteiger partial charge is 0.306 e. The summed E-state index contributed by atoms with van der Waals surface area (Å²) < 4.78 is 26.5. The van der Waals surface area contributed by atoms with Crippen molar-refractivity contribution in [2.75, 3.05) is 27.2 Å². The van der Waals surface area contributed by atoms with Gasteiger partial charge in [-0.25, -0.2) is 8.42 Å². The Morgan fingerprint density at radius 1 is 1.26 bits per heavy atom. The third kappa shape index (κ3) is 3.28. The van der Waals surface area contributed by atoms with Crippen LogP contribution in [0.5, 0.6) is 0 Å². The molecule has 1 aromatic carbocycles. The molecular formula is C13H19ClN2O2S. The molecule has 6 heteroatoms. The van der Waals surface area contributed by atoms with Gasteiger partial charge in [0.1, 0.15) is 0 Å². The topological polar surface area (TPSA) is 40.6 Å². The highest BCUT2D eigenvalue weighted by atomic mass is 35.5. The molecule has 1 heterocycles. The zero-order chi connectivity index (χ0) is 14.0. The van der Waals surface area contributed by atoms with E-state index in [1.165, 1.54) is 6.07 Å². The Morgan fingerprint density at radius 2 is 1.89 bits per heavy atom. The predicted molar refractivity (Wildman–Crippen MR) is 76.9 cm³/mol. The van der Waals surface area contributed by atoms with E-state index in [-0.39, 0.29) is 4.90 Å². The number of benzene rings is 1. The normalized spacial score (nSPS) is 18.9. The van der Waals surface area contributed by atoms with Crippen molar-refractivity contribution in [1.29, 1.82) is 0 Å². The lowest BCUT2D eigenvalue weighted by Gasteiger charge is -2.34. The van der Waals surface area contributed by atoms with Gasteiger partial charge in [0, 0.05) is 24.2 Å². The van der Waals surface area contributed by atoms with Gasteiger partial charge in [0.15, 0.2) is 0 Å². The molecular weight excluding hydrogens is 284 g/mol. The fourth-order valence-corrected chi connectivity index (χ4v) is 4.15. The van der Waals surface area contributed by atoms with Gasteiger partial charge >= 0.3 is 0 Å². The maximum atomic E-state index is 12.5. The monoisotopic (exact) mass is 302 g/mol.